The van der Waals surface area contributed by atoms with Crippen LogP contribution in [0.4, 0.5) is 17.6 Å². The highest BCUT2D eigenvalue weighted by molar-refractivity contribution is 6.05. The number of rotatable bonds is 4. The number of amides is 1. The van der Waals surface area contributed by atoms with E-state index in [1.807, 2.05) is 0 Å². The van der Waals surface area contributed by atoms with Crippen molar-refractivity contribution < 1.29 is 22.4 Å². The van der Waals surface area contributed by atoms with E-state index in [0.29, 0.717) is 5.52 Å². The van der Waals surface area contributed by atoms with Crippen LogP contribution in [-0.4, -0.2) is 34.5 Å². The van der Waals surface area contributed by atoms with E-state index in [9.17, 15) is 22.4 Å². The molecule has 0 saturated heterocycles. The summed E-state index contributed by atoms with van der Waals surface area (Å²) in [7, 11) is 3.12. The lowest BCUT2D eigenvalue weighted by Crippen LogP contribution is -2.21. The smallest absolute Gasteiger partial charge is 0.255 e. The summed E-state index contributed by atoms with van der Waals surface area (Å²) in [5.74, 6) is -3.91. The van der Waals surface area contributed by atoms with Crippen molar-refractivity contribution in [3.8, 4) is 11.4 Å². The summed E-state index contributed by atoms with van der Waals surface area (Å²) < 4.78 is 59.3. The van der Waals surface area contributed by atoms with Crippen molar-refractivity contribution >= 4 is 16.9 Å². The maximum absolute atomic E-state index is 14.6. The Morgan fingerprint density at radius 3 is 2.00 bits per heavy atom. The molecule has 31 heavy (non-hydrogen) atoms. The van der Waals surface area contributed by atoms with Gasteiger partial charge in [-0.25, -0.2) is 22.5 Å². The number of nitrogens with zero attached hydrogens (tertiary/aromatic N) is 3. The first-order chi connectivity index (χ1) is 14.8. The molecule has 4 rings (SSSR count). The summed E-state index contributed by atoms with van der Waals surface area (Å²) in [5, 5.41) is 0. The van der Waals surface area contributed by atoms with E-state index in [0.717, 1.165) is 24.3 Å². The van der Waals surface area contributed by atoms with Crippen LogP contribution in [0.3, 0.4) is 0 Å². The van der Waals surface area contributed by atoms with Crippen molar-refractivity contribution in [2.45, 2.75) is 6.54 Å². The van der Waals surface area contributed by atoms with Gasteiger partial charge < -0.3 is 9.47 Å². The highest BCUT2D eigenvalue weighted by Gasteiger charge is 2.24. The zero-order valence-electron chi connectivity index (χ0n) is 16.7. The van der Waals surface area contributed by atoms with Crippen LogP contribution in [-0.2, 0) is 6.54 Å². The molecule has 0 saturated carbocycles. The lowest BCUT2D eigenvalue weighted by atomic mass is 10.1. The number of carbonyl (C=O) groups excluding carboxylic acids is 1. The molecule has 0 atom stereocenters. The molecule has 158 valence electrons. The fourth-order valence-electron chi connectivity index (χ4n) is 3.46. The summed E-state index contributed by atoms with van der Waals surface area (Å²) in [4.78, 5) is 18.3. The lowest BCUT2D eigenvalue weighted by molar-refractivity contribution is 0.0829. The molecule has 1 heterocycles. The van der Waals surface area contributed by atoms with Crippen LogP contribution in [0.25, 0.3) is 22.4 Å². The molecular formula is C23H17F4N3O. The third kappa shape index (κ3) is 3.54. The fourth-order valence-corrected chi connectivity index (χ4v) is 3.46. The Morgan fingerprint density at radius 1 is 0.871 bits per heavy atom. The molecule has 0 aliphatic rings. The zero-order chi connectivity index (χ0) is 22.3. The van der Waals surface area contributed by atoms with Gasteiger partial charge in [0.25, 0.3) is 5.91 Å². The van der Waals surface area contributed by atoms with Gasteiger partial charge in [-0.2, -0.15) is 0 Å². The predicted molar refractivity (Wildman–Crippen MR) is 109 cm³/mol. The van der Waals surface area contributed by atoms with Crippen LogP contribution >= 0.6 is 0 Å². The van der Waals surface area contributed by atoms with Gasteiger partial charge in [-0.3, -0.25) is 4.79 Å². The van der Waals surface area contributed by atoms with E-state index in [-0.39, 0.29) is 34.9 Å². The predicted octanol–water partition coefficient (Wildman–Crippen LogP) is 5.01. The molecule has 0 unspecified atom stereocenters. The third-order valence-electron chi connectivity index (χ3n) is 4.98. The van der Waals surface area contributed by atoms with Crippen molar-refractivity contribution in [1.82, 2.24) is 14.5 Å². The largest absolute Gasteiger partial charge is 0.345 e. The standard InChI is InChI=1S/C23H17F4N3O/c1-29(2)23(31)13-6-3-11-19-21(13)28-22(20-17(26)9-5-10-18(20)27)30(19)12-14-15(24)7-4-8-16(14)25/h3-11H,12H2,1-2H3. The van der Waals surface area contributed by atoms with Crippen LogP contribution in [0.15, 0.2) is 54.6 Å². The molecule has 4 nitrogen and oxygen atoms in total. The van der Waals surface area contributed by atoms with Crippen LogP contribution in [0, 0.1) is 23.3 Å². The molecule has 0 fully saturated rings. The molecule has 0 aliphatic heterocycles. The number of carbonyl (C=O) groups is 1. The van der Waals surface area contributed by atoms with Crippen LogP contribution in [0.2, 0.25) is 0 Å². The number of aromatic nitrogens is 2. The summed E-state index contributed by atoms with van der Waals surface area (Å²) in [6.07, 6.45) is 0. The Labute approximate surface area is 175 Å². The Kier molecular flexibility index (Phi) is 5.22. The number of benzene rings is 3. The topological polar surface area (TPSA) is 38.1 Å². The quantitative estimate of drug-likeness (QED) is 0.430. The first-order valence-corrected chi connectivity index (χ1v) is 9.37. The molecule has 0 spiro atoms. The van der Waals surface area contributed by atoms with Gasteiger partial charge in [-0.1, -0.05) is 18.2 Å². The molecule has 8 heteroatoms. The molecule has 1 amide bonds. The summed E-state index contributed by atoms with van der Waals surface area (Å²) in [6, 6.07) is 11.5. The van der Waals surface area contributed by atoms with Gasteiger partial charge in [0.05, 0.1) is 23.2 Å². The first kappa shape index (κ1) is 20.6. The molecule has 0 aliphatic carbocycles. The second kappa shape index (κ2) is 7.86. The van der Waals surface area contributed by atoms with E-state index >= 15 is 0 Å². The maximum atomic E-state index is 14.6. The molecule has 0 bridgehead atoms. The summed E-state index contributed by atoms with van der Waals surface area (Å²) in [6.45, 7) is -0.377. The van der Waals surface area contributed by atoms with E-state index in [1.54, 1.807) is 26.2 Å². The molecule has 4 aromatic rings. The van der Waals surface area contributed by atoms with Gasteiger partial charge in [0.15, 0.2) is 0 Å². The van der Waals surface area contributed by atoms with Crippen molar-refractivity contribution in [1.29, 1.82) is 0 Å². The van der Waals surface area contributed by atoms with Gasteiger partial charge in [0.1, 0.15) is 34.6 Å². The van der Waals surface area contributed by atoms with E-state index < -0.39 is 28.8 Å². The number of halogens is 4. The number of imidazole rings is 1. The van der Waals surface area contributed by atoms with Crippen molar-refractivity contribution in [2.24, 2.45) is 0 Å². The third-order valence-corrected chi connectivity index (χ3v) is 4.98. The molecular weight excluding hydrogens is 410 g/mol. The average molecular weight is 427 g/mol. The minimum atomic E-state index is -0.883. The van der Waals surface area contributed by atoms with Gasteiger partial charge in [0.2, 0.25) is 0 Å². The number of hydrogen-bond acceptors (Lipinski definition) is 2. The molecule has 3 aromatic carbocycles. The Balaban J connectivity index is 2.05. The van der Waals surface area contributed by atoms with Crippen molar-refractivity contribution in [3.63, 3.8) is 0 Å². The molecule has 0 N–H and O–H groups in total. The van der Waals surface area contributed by atoms with E-state index in [1.165, 1.54) is 27.7 Å². The SMILES string of the molecule is CN(C)C(=O)c1cccc2c1nc(-c1c(F)cccc1F)n2Cc1c(F)cccc1F. The maximum Gasteiger partial charge on any atom is 0.255 e. The highest BCUT2D eigenvalue weighted by atomic mass is 19.1. The van der Waals surface area contributed by atoms with Crippen molar-refractivity contribution in [3.05, 3.63) is 89.0 Å². The minimum absolute atomic E-state index is 0.174. The minimum Gasteiger partial charge on any atom is -0.345 e. The Hall–Kier alpha value is -3.68. The van der Waals surface area contributed by atoms with Crippen LogP contribution in [0.5, 0.6) is 0 Å². The summed E-state index contributed by atoms with van der Waals surface area (Å²) in [5.41, 5.74) is -0.0419. The lowest BCUT2D eigenvalue weighted by Gasteiger charge is -2.13. The highest BCUT2D eigenvalue weighted by Crippen LogP contribution is 2.32. The summed E-state index contributed by atoms with van der Waals surface area (Å²) >= 11 is 0. The fraction of sp³-hybridized carbons (Fsp3) is 0.130. The van der Waals surface area contributed by atoms with Gasteiger partial charge >= 0.3 is 0 Å². The van der Waals surface area contributed by atoms with Gasteiger partial charge in [0, 0.05) is 19.7 Å². The molecule has 0 radical (unpaired) electrons. The van der Waals surface area contributed by atoms with Crippen molar-refractivity contribution in [2.75, 3.05) is 14.1 Å². The van der Waals surface area contributed by atoms with Gasteiger partial charge in [-0.05, 0) is 36.4 Å². The normalized spacial score (nSPS) is 11.2. The number of para-hydroxylation sites is 1. The van der Waals surface area contributed by atoms with Crippen LogP contribution in [0.1, 0.15) is 15.9 Å². The van der Waals surface area contributed by atoms with E-state index in [4.69, 9.17) is 0 Å². The van der Waals surface area contributed by atoms with Gasteiger partial charge in [-0.15, -0.1) is 0 Å². The second-order valence-electron chi connectivity index (χ2n) is 7.19. The Bertz CT molecular complexity index is 1270. The molecule has 1 aromatic heterocycles. The zero-order valence-corrected chi connectivity index (χ0v) is 16.7. The van der Waals surface area contributed by atoms with E-state index in [2.05, 4.69) is 4.98 Å². The average Bonchev–Trinajstić information content (AvgIpc) is 3.08. The Morgan fingerprint density at radius 2 is 1.42 bits per heavy atom. The second-order valence-corrected chi connectivity index (χ2v) is 7.19. The number of fused-ring (bicyclic) bond motifs is 1. The number of hydrogen-bond donors (Lipinski definition) is 0. The monoisotopic (exact) mass is 427 g/mol. The van der Waals surface area contributed by atoms with Crippen LogP contribution < -0.4 is 0 Å². The first-order valence-electron chi connectivity index (χ1n) is 9.37.